The van der Waals surface area contributed by atoms with Gasteiger partial charge < -0.3 is 10.4 Å². The van der Waals surface area contributed by atoms with Crippen LogP contribution >= 0.6 is 15.9 Å². The van der Waals surface area contributed by atoms with Crippen LogP contribution in [0, 0.1) is 13.8 Å². The second-order valence-corrected chi connectivity index (χ2v) is 5.41. The van der Waals surface area contributed by atoms with Gasteiger partial charge in [0.1, 0.15) is 0 Å². The fourth-order valence-corrected chi connectivity index (χ4v) is 2.20. The number of aromatic nitrogens is 2. The third-order valence-electron chi connectivity index (χ3n) is 2.95. The minimum Gasteiger partial charge on any atom is -0.394 e. The van der Waals surface area contributed by atoms with E-state index in [0.717, 1.165) is 22.3 Å². The maximum Gasteiger partial charge on any atom is 0.0640 e. The molecule has 102 valence electrons. The quantitative estimate of drug-likeness (QED) is 0.889. The van der Waals surface area contributed by atoms with Gasteiger partial charge in [-0.2, -0.15) is 5.10 Å². The Bertz CT molecular complexity index is 543. The molecule has 19 heavy (non-hydrogen) atoms. The zero-order chi connectivity index (χ0) is 13.8. The summed E-state index contributed by atoms with van der Waals surface area (Å²) in [5.74, 6) is 0. The van der Waals surface area contributed by atoms with Crippen molar-refractivity contribution in [1.29, 1.82) is 0 Å². The number of hydrogen-bond acceptors (Lipinski definition) is 3. The van der Waals surface area contributed by atoms with Gasteiger partial charge in [0.15, 0.2) is 0 Å². The van der Waals surface area contributed by atoms with Gasteiger partial charge in [-0.25, -0.2) is 0 Å². The number of benzene rings is 1. The number of aliphatic hydroxyl groups excluding tert-OH is 1. The van der Waals surface area contributed by atoms with E-state index in [1.165, 1.54) is 11.1 Å². The molecule has 0 aliphatic heterocycles. The fourth-order valence-electron chi connectivity index (χ4n) is 1.97. The molecule has 0 fully saturated rings. The highest BCUT2D eigenvalue weighted by molar-refractivity contribution is 9.10. The lowest BCUT2D eigenvalue weighted by Crippen LogP contribution is -2.02. The van der Waals surface area contributed by atoms with Crippen molar-refractivity contribution in [3.63, 3.8) is 0 Å². The topological polar surface area (TPSA) is 50.1 Å². The molecule has 0 amide bonds. The second-order valence-electron chi connectivity index (χ2n) is 4.61. The maximum atomic E-state index is 8.84. The highest BCUT2D eigenvalue weighted by Gasteiger charge is 2.03. The molecule has 0 unspecified atom stereocenters. The van der Waals surface area contributed by atoms with E-state index < -0.39 is 0 Å². The van der Waals surface area contributed by atoms with Gasteiger partial charge in [0, 0.05) is 28.5 Å². The van der Waals surface area contributed by atoms with E-state index in [0.29, 0.717) is 6.54 Å². The van der Waals surface area contributed by atoms with Crippen LogP contribution in [-0.4, -0.2) is 21.5 Å². The van der Waals surface area contributed by atoms with E-state index in [9.17, 15) is 0 Å². The van der Waals surface area contributed by atoms with Crippen molar-refractivity contribution in [3.8, 4) is 0 Å². The molecule has 2 N–H and O–H groups in total. The highest BCUT2D eigenvalue weighted by atomic mass is 79.9. The molecule has 2 rings (SSSR count). The number of nitrogens with one attached hydrogen (secondary N) is 1. The van der Waals surface area contributed by atoms with E-state index in [2.05, 4.69) is 52.3 Å². The molecule has 0 radical (unpaired) electrons. The third kappa shape index (κ3) is 3.58. The van der Waals surface area contributed by atoms with Gasteiger partial charge in [0.05, 0.1) is 19.3 Å². The minimum absolute atomic E-state index is 0.111. The second kappa shape index (κ2) is 6.21. The Hall–Kier alpha value is -1.33. The van der Waals surface area contributed by atoms with Crippen LogP contribution in [0.2, 0.25) is 0 Å². The van der Waals surface area contributed by atoms with E-state index in [1.807, 2.05) is 12.4 Å². The number of aryl methyl sites for hydroxylation is 2. The molecular formula is C14H18BrN3O. The minimum atomic E-state index is 0.111. The molecule has 2 aromatic rings. The first-order chi connectivity index (χ1) is 9.10. The first-order valence-electron chi connectivity index (χ1n) is 6.23. The normalized spacial score (nSPS) is 10.7. The summed E-state index contributed by atoms with van der Waals surface area (Å²) in [6.45, 7) is 5.55. The summed E-state index contributed by atoms with van der Waals surface area (Å²) >= 11 is 3.57. The molecule has 1 heterocycles. The Labute approximate surface area is 121 Å². The molecule has 5 heteroatoms. The Morgan fingerprint density at radius 2 is 2.00 bits per heavy atom. The molecule has 1 aromatic carbocycles. The lowest BCUT2D eigenvalue weighted by atomic mass is 10.1. The SMILES string of the molecule is Cc1cc(NCc2cnn(CCO)c2)cc(C)c1Br. The molecule has 1 aromatic heterocycles. The van der Waals surface area contributed by atoms with Gasteiger partial charge >= 0.3 is 0 Å². The predicted octanol–water partition coefficient (Wildman–Crippen LogP) is 2.87. The summed E-state index contributed by atoms with van der Waals surface area (Å²) in [7, 11) is 0. The summed E-state index contributed by atoms with van der Waals surface area (Å²) in [5, 5.41) is 16.4. The third-order valence-corrected chi connectivity index (χ3v) is 4.20. The highest BCUT2D eigenvalue weighted by Crippen LogP contribution is 2.25. The Kier molecular flexibility index (Phi) is 4.61. The number of anilines is 1. The molecule has 0 aliphatic carbocycles. The molecule has 0 bridgehead atoms. The standard InChI is InChI=1S/C14H18BrN3O/c1-10-5-13(6-11(2)14(10)15)16-7-12-8-17-18(9-12)3-4-19/h5-6,8-9,16,19H,3-4,7H2,1-2H3. The maximum absolute atomic E-state index is 8.84. The van der Waals surface area contributed by atoms with Gasteiger partial charge in [0.25, 0.3) is 0 Å². The van der Waals surface area contributed by atoms with E-state index in [-0.39, 0.29) is 6.61 Å². The van der Waals surface area contributed by atoms with Crippen LogP contribution in [0.5, 0.6) is 0 Å². The van der Waals surface area contributed by atoms with Gasteiger partial charge in [-0.15, -0.1) is 0 Å². The molecule has 0 spiro atoms. The van der Waals surface area contributed by atoms with Gasteiger partial charge in [-0.1, -0.05) is 15.9 Å². The van der Waals surface area contributed by atoms with Crippen molar-refractivity contribution < 1.29 is 5.11 Å². The number of nitrogens with zero attached hydrogens (tertiary/aromatic N) is 2. The van der Waals surface area contributed by atoms with Gasteiger partial charge in [-0.3, -0.25) is 4.68 Å². The lowest BCUT2D eigenvalue weighted by Gasteiger charge is -2.09. The molecular weight excluding hydrogens is 306 g/mol. The summed E-state index contributed by atoms with van der Waals surface area (Å²) in [6.07, 6.45) is 3.77. The van der Waals surface area contributed by atoms with E-state index >= 15 is 0 Å². The van der Waals surface area contributed by atoms with Crippen molar-refractivity contribution in [2.75, 3.05) is 11.9 Å². The van der Waals surface area contributed by atoms with E-state index in [1.54, 1.807) is 4.68 Å². The van der Waals surface area contributed by atoms with Crippen molar-refractivity contribution in [2.45, 2.75) is 26.9 Å². The molecule has 0 atom stereocenters. The molecule has 0 aliphatic rings. The zero-order valence-electron chi connectivity index (χ0n) is 11.2. The molecule has 0 saturated carbocycles. The molecule has 4 nitrogen and oxygen atoms in total. The predicted molar refractivity (Wildman–Crippen MR) is 80.3 cm³/mol. The average molecular weight is 324 g/mol. The van der Waals surface area contributed by atoms with Crippen molar-refractivity contribution in [1.82, 2.24) is 9.78 Å². The number of rotatable bonds is 5. The lowest BCUT2D eigenvalue weighted by molar-refractivity contribution is 0.269. The fraction of sp³-hybridized carbons (Fsp3) is 0.357. The Balaban J connectivity index is 2.01. The Morgan fingerprint density at radius 1 is 1.32 bits per heavy atom. The van der Waals surface area contributed by atoms with Crippen LogP contribution in [0.3, 0.4) is 0 Å². The molecule has 0 saturated heterocycles. The van der Waals surface area contributed by atoms with Gasteiger partial charge in [0.2, 0.25) is 0 Å². The van der Waals surface area contributed by atoms with Crippen LogP contribution in [-0.2, 0) is 13.1 Å². The van der Waals surface area contributed by atoms with Crippen LogP contribution in [0.25, 0.3) is 0 Å². The summed E-state index contributed by atoms with van der Waals surface area (Å²) in [4.78, 5) is 0. The first kappa shape index (κ1) is 14.1. The first-order valence-corrected chi connectivity index (χ1v) is 7.02. The van der Waals surface area contributed by atoms with Crippen molar-refractivity contribution in [2.24, 2.45) is 0 Å². The van der Waals surface area contributed by atoms with Crippen LogP contribution in [0.1, 0.15) is 16.7 Å². The van der Waals surface area contributed by atoms with Crippen molar-refractivity contribution in [3.05, 3.63) is 45.7 Å². The van der Waals surface area contributed by atoms with Crippen LogP contribution in [0.4, 0.5) is 5.69 Å². The average Bonchev–Trinajstić information content (AvgIpc) is 2.81. The summed E-state index contributed by atoms with van der Waals surface area (Å²) < 4.78 is 2.91. The van der Waals surface area contributed by atoms with Crippen LogP contribution < -0.4 is 5.32 Å². The smallest absolute Gasteiger partial charge is 0.0640 e. The number of hydrogen-bond donors (Lipinski definition) is 2. The van der Waals surface area contributed by atoms with E-state index in [4.69, 9.17) is 5.11 Å². The summed E-state index contributed by atoms with van der Waals surface area (Å²) in [6, 6.07) is 4.24. The number of aliphatic hydroxyl groups is 1. The Morgan fingerprint density at radius 3 is 2.63 bits per heavy atom. The summed E-state index contributed by atoms with van der Waals surface area (Å²) in [5.41, 5.74) is 4.65. The van der Waals surface area contributed by atoms with Gasteiger partial charge in [-0.05, 0) is 37.1 Å². The zero-order valence-corrected chi connectivity index (χ0v) is 12.7. The van der Waals surface area contributed by atoms with Crippen molar-refractivity contribution >= 4 is 21.6 Å². The number of halogens is 1. The largest absolute Gasteiger partial charge is 0.394 e. The van der Waals surface area contributed by atoms with Crippen LogP contribution in [0.15, 0.2) is 29.0 Å². The monoisotopic (exact) mass is 323 g/mol.